The summed E-state index contributed by atoms with van der Waals surface area (Å²) >= 11 is 0. The molecule has 6 heteroatoms. The fourth-order valence-corrected chi connectivity index (χ4v) is 1.05. The fourth-order valence-electron chi connectivity index (χ4n) is 1.05. The van der Waals surface area contributed by atoms with Crippen molar-refractivity contribution in [2.45, 2.75) is 0 Å². The predicted octanol–water partition coefficient (Wildman–Crippen LogP) is 0.521. The Labute approximate surface area is 84.9 Å². The first-order valence-corrected chi connectivity index (χ1v) is 3.96. The number of benzene rings is 1. The van der Waals surface area contributed by atoms with Crippen LogP contribution in [0.4, 0.5) is 11.4 Å². The first kappa shape index (κ1) is 10.7. The first-order valence-electron chi connectivity index (χ1n) is 3.96. The topological polar surface area (TPSA) is 95.5 Å². The maximum absolute atomic E-state index is 10.7. The standard InChI is InChI=1S/C9H8N2O4/c12-4-10-7-1-6(9(14)15)2-8(3-7)11-5-13/h1-5H,(H,10,12)(H,11,13)(H,14,15). The molecule has 0 heterocycles. The van der Waals surface area contributed by atoms with Gasteiger partial charge in [-0.25, -0.2) is 4.79 Å². The quantitative estimate of drug-likeness (QED) is 0.614. The Bertz CT molecular complexity index is 375. The van der Waals surface area contributed by atoms with Crippen LogP contribution in [0.3, 0.4) is 0 Å². The molecule has 2 amide bonds. The highest BCUT2D eigenvalue weighted by molar-refractivity contribution is 5.92. The molecule has 78 valence electrons. The molecule has 1 aromatic rings. The number of hydrogen-bond acceptors (Lipinski definition) is 3. The van der Waals surface area contributed by atoms with Crippen LogP contribution >= 0.6 is 0 Å². The monoisotopic (exact) mass is 208 g/mol. The number of anilines is 2. The Morgan fingerprint density at radius 1 is 1.07 bits per heavy atom. The van der Waals surface area contributed by atoms with Crippen molar-refractivity contribution >= 4 is 30.2 Å². The lowest BCUT2D eigenvalue weighted by Gasteiger charge is -2.05. The third-order valence-electron chi connectivity index (χ3n) is 1.63. The Morgan fingerprint density at radius 2 is 1.53 bits per heavy atom. The summed E-state index contributed by atoms with van der Waals surface area (Å²) in [7, 11) is 0. The minimum atomic E-state index is -1.14. The number of carbonyl (C=O) groups is 3. The number of carboxylic acids is 1. The van der Waals surface area contributed by atoms with Crippen molar-refractivity contribution in [2.24, 2.45) is 0 Å². The number of carbonyl (C=O) groups excluding carboxylic acids is 2. The van der Waals surface area contributed by atoms with Gasteiger partial charge >= 0.3 is 5.97 Å². The summed E-state index contributed by atoms with van der Waals surface area (Å²) in [5.41, 5.74) is 0.578. The molecule has 0 spiro atoms. The van der Waals surface area contributed by atoms with Gasteiger partial charge in [0.05, 0.1) is 5.56 Å². The van der Waals surface area contributed by atoms with E-state index in [0.717, 1.165) is 0 Å². The van der Waals surface area contributed by atoms with E-state index in [4.69, 9.17) is 5.11 Å². The molecule has 0 saturated carbocycles. The molecule has 0 aromatic heterocycles. The molecule has 15 heavy (non-hydrogen) atoms. The van der Waals surface area contributed by atoms with E-state index in [2.05, 4.69) is 10.6 Å². The SMILES string of the molecule is O=CNc1cc(NC=O)cc(C(=O)O)c1. The van der Waals surface area contributed by atoms with Crippen LogP contribution in [0.25, 0.3) is 0 Å². The molecule has 0 bridgehead atoms. The lowest BCUT2D eigenvalue weighted by molar-refractivity contribution is -0.106. The zero-order valence-electron chi connectivity index (χ0n) is 7.56. The van der Waals surface area contributed by atoms with Crippen molar-refractivity contribution in [2.75, 3.05) is 10.6 Å². The van der Waals surface area contributed by atoms with Crippen molar-refractivity contribution in [1.29, 1.82) is 0 Å². The van der Waals surface area contributed by atoms with Crippen LogP contribution < -0.4 is 10.6 Å². The van der Waals surface area contributed by atoms with Gasteiger partial charge in [0.2, 0.25) is 12.8 Å². The van der Waals surface area contributed by atoms with Crippen molar-refractivity contribution < 1.29 is 19.5 Å². The average Bonchev–Trinajstić information content (AvgIpc) is 2.18. The Balaban J connectivity index is 3.12. The maximum Gasteiger partial charge on any atom is 0.335 e. The second-order valence-corrected chi connectivity index (χ2v) is 2.63. The minimum absolute atomic E-state index is 0.0220. The van der Waals surface area contributed by atoms with Crippen molar-refractivity contribution in [3.63, 3.8) is 0 Å². The molecular weight excluding hydrogens is 200 g/mol. The van der Waals surface area contributed by atoms with Crippen molar-refractivity contribution in [3.05, 3.63) is 23.8 Å². The summed E-state index contributed by atoms with van der Waals surface area (Å²) in [5.74, 6) is -1.14. The van der Waals surface area contributed by atoms with Crippen LogP contribution in [0.15, 0.2) is 18.2 Å². The molecule has 0 aliphatic heterocycles. The number of aromatic carboxylic acids is 1. The van der Waals surface area contributed by atoms with Gasteiger partial charge < -0.3 is 15.7 Å². The van der Waals surface area contributed by atoms with E-state index in [-0.39, 0.29) is 5.56 Å². The largest absolute Gasteiger partial charge is 0.478 e. The number of amides is 2. The minimum Gasteiger partial charge on any atom is -0.478 e. The van der Waals surface area contributed by atoms with Gasteiger partial charge in [0, 0.05) is 11.4 Å². The number of carboxylic acid groups (broad SMARTS) is 1. The van der Waals surface area contributed by atoms with Gasteiger partial charge in [0.25, 0.3) is 0 Å². The highest BCUT2D eigenvalue weighted by Crippen LogP contribution is 2.18. The zero-order valence-corrected chi connectivity index (χ0v) is 7.56. The van der Waals surface area contributed by atoms with E-state index in [1.54, 1.807) is 0 Å². The van der Waals surface area contributed by atoms with Gasteiger partial charge in [-0.3, -0.25) is 9.59 Å². The highest BCUT2D eigenvalue weighted by atomic mass is 16.4. The van der Waals surface area contributed by atoms with Gasteiger partial charge in [-0.15, -0.1) is 0 Å². The highest BCUT2D eigenvalue weighted by Gasteiger charge is 2.06. The predicted molar refractivity (Wildman–Crippen MR) is 52.8 cm³/mol. The van der Waals surface area contributed by atoms with Crippen LogP contribution in [0.5, 0.6) is 0 Å². The maximum atomic E-state index is 10.7. The smallest absolute Gasteiger partial charge is 0.335 e. The lowest BCUT2D eigenvalue weighted by Crippen LogP contribution is -2.03. The second kappa shape index (κ2) is 4.75. The molecule has 1 rings (SSSR count). The molecule has 0 saturated heterocycles. The first-order chi connectivity index (χ1) is 7.17. The molecule has 0 unspecified atom stereocenters. The number of nitrogens with one attached hydrogen (secondary N) is 2. The summed E-state index contributed by atoms with van der Waals surface area (Å²) in [5, 5.41) is 13.3. The van der Waals surface area contributed by atoms with Crippen LogP contribution in [0.1, 0.15) is 10.4 Å². The van der Waals surface area contributed by atoms with E-state index >= 15 is 0 Å². The Hall–Kier alpha value is -2.37. The average molecular weight is 208 g/mol. The van der Waals surface area contributed by atoms with Crippen LogP contribution in [-0.2, 0) is 9.59 Å². The Kier molecular flexibility index (Phi) is 3.39. The van der Waals surface area contributed by atoms with E-state index < -0.39 is 5.97 Å². The third-order valence-corrected chi connectivity index (χ3v) is 1.63. The van der Waals surface area contributed by atoms with E-state index in [9.17, 15) is 14.4 Å². The molecule has 0 aliphatic rings. The molecular formula is C9H8N2O4. The third kappa shape index (κ3) is 2.80. The fraction of sp³-hybridized carbons (Fsp3) is 0. The molecule has 3 N–H and O–H groups in total. The number of hydrogen-bond donors (Lipinski definition) is 3. The second-order valence-electron chi connectivity index (χ2n) is 2.63. The van der Waals surface area contributed by atoms with Crippen LogP contribution in [-0.4, -0.2) is 23.9 Å². The van der Waals surface area contributed by atoms with Gasteiger partial charge in [-0.05, 0) is 18.2 Å². The summed E-state index contributed by atoms with van der Waals surface area (Å²) in [6, 6.07) is 4.01. The number of rotatable bonds is 5. The molecule has 0 aliphatic carbocycles. The van der Waals surface area contributed by atoms with Crippen molar-refractivity contribution in [3.8, 4) is 0 Å². The van der Waals surface area contributed by atoms with E-state index in [0.29, 0.717) is 24.2 Å². The molecule has 0 radical (unpaired) electrons. The molecule has 6 nitrogen and oxygen atoms in total. The van der Waals surface area contributed by atoms with Gasteiger partial charge in [0.15, 0.2) is 0 Å². The summed E-state index contributed by atoms with van der Waals surface area (Å²) in [6.45, 7) is 0. The van der Waals surface area contributed by atoms with Gasteiger partial charge in [-0.2, -0.15) is 0 Å². The molecule has 0 fully saturated rings. The summed E-state index contributed by atoms with van der Waals surface area (Å²) < 4.78 is 0. The Morgan fingerprint density at radius 3 is 1.87 bits per heavy atom. The molecule has 1 aromatic carbocycles. The molecule has 0 atom stereocenters. The van der Waals surface area contributed by atoms with E-state index in [1.165, 1.54) is 18.2 Å². The van der Waals surface area contributed by atoms with Gasteiger partial charge in [-0.1, -0.05) is 0 Å². The zero-order chi connectivity index (χ0) is 11.3. The van der Waals surface area contributed by atoms with Crippen molar-refractivity contribution in [1.82, 2.24) is 0 Å². The van der Waals surface area contributed by atoms with Gasteiger partial charge in [0.1, 0.15) is 0 Å². The van der Waals surface area contributed by atoms with E-state index in [1.807, 2.05) is 0 Å². The summed E-state index contributed by atoms with van der Waals surface area (Å²) in [4.78, 5) is 31.0. The van der Waals surface area contributed by atoms with Crippen LogP contribution in [0, 0.1) is 0 Å². The summed E-state index contributed by atoms with van der Waals surface area (Å²) in [6.07, 6.45) is 0.845. The van der Waals surface area contributed by atoms with Crippen LogP contribution in [0.2, 0.25) is 0 Å². The lowest BCUT2D eigenvalue weighted by atomic mass is 10.1. The normalized spacial score (nSPS) is 9.07.